The van der Waals surface area contributed by atoms with Gasteiger partial charge in [-0.1, -0.05) is 6.07 Å². The van der Waals surface area contributed by atoms with Gasteiger partial charge in [-0.25, -0.2) is 4.79 Å². The van der Waals surface area contributed by atoms with Crippen molar-refractivity contribution in [1.82, 2.24) is 10.2 Å². The number of nitrogens with one attached hydrogen (secondary N) is 1. The van der Waals surface area contributed by atoms with Crippen molar-refractivity contribution in [3.63, 3.8) is 0 Å². The Morgan fingerprint density at radius 1 is 1.53 bits per heavy atom. The molecule has 0 unspecified atom stereocenters. The van der Waals surface area contributed by atoms with Crippen molar-refractivity contribution >= 4 is 11.7 Å². The molecule has 1 aromatic carbocycles. The maximum Gasteiger partial charge on any atom is 0.337 e. The van der Waals surface area contributed by atoms with E-state index in [9.17, 15) is 4.79 Å². The largest absolute Gasteiger partial charge is 0.478 e. The second kappa shape index (κ2) is 4.17. The van der Waals surface area contributed by atoms with Crippen molar-refractivity contribution < 1.29 is 14.6 Å². The fourth-order valence-corrected chi connectivity index (χ4v) is 1.38. The number of para-hydroxylation sites is 1. The van der Waals surface area contributed by atoms with Crippen LogP contribution >= 0.6 is 0 Å². The number of aryl methyl sites for hydroxylation is 1. The fourth-order valence-electron chi connectivity index (χ4n) is 1.38. The van der Waals surface area contributed by atoms with Crippen LogP contribution in [0.15, 0.2) is 24.3 Å². The average Bonchev–Trinajstić information content (AvgIpc) is 2.67. The SMILES string of the molecule is Cc1cc(Oc2cccc(C(=O)O)c2N)n[nH]1. The molecule has 4 N–H and O–H groups in total. The number of aromatic nitrogens is 2. The Hall–Kier alpha value is -2.50. The quantitative estimate of drug-likeness (QED) is 0.701. The lowest BCUT2D eigenvalue weighted by molar-refractivity contribution is 0.0697. The molecule has 0 amide bonds. The third-order valence-electron chi connectivity index (χ3n) is 2.19. The molecule has 2 rings (SSSR count). The molecule has 1 heterocycles. The highest BCUT2D eigenvalue weighted by Gasteiger charge is 2.13. The molecule has 0 radical (unpaired) electrons. The lowest BCUT2D eigenvalue weighted by Crippen LogP contribution is -2.03. The van der Waals surface area contributed by atoms with Crippen LogP contribution in [-0.4, -0.2) is 21.3 Å². The van der Waals surface area contributed by atoms with E-state index in [2.05, 4.69) is 10.2 Å². The van der Waals surface area contributed by atoms with E-state index in [4.69, 9.17) is 15.6 Å². The van der Waals surface area contributed by atoms with Gasteiger partial charge in [-0.05, 0) is 19.1 Å². The van der Waals surface area contributed by atoms with Crippen molar-refractivity contribution in [2.24, 2.45) is 0 Å². The Balaban J connectivity index is 2.33. The van der Waals surface area contributed by atoms with Crippen LogP contribution in [0.5, 0.6) is 11.6 Å². The van der Waals surface area contributed by atoms with Crippen molar-refractivity contribution in [3.05, 3.63) is 35.5 Å². The number of carboxylic acids is 1. The molecule has 2 aromatic rings. The highest BCUT2D eigenvalue weighted by Crippen LogP contribution is 2.29. The van der Waals surface area contributed by atoms with Crippen LogP contribution in [0, 0.1) is 6.92 Å². The number of benzene rings is 1. The minimum Gasteiger partial charge on any atom is -0.478 e. The number of nitrogens with two attached hydrogens (primary N) is 1. The second-order valence-electron chi connectivity index (χ2n) is 3.51. The zero-order chi connectivity index (χ0) is 12.4. The molecule has 0 bridgehead atoms. The van der Waals surface area contributed by atoms with Gasteiger partial charge in [0.1, 0.15) is 0 Å². The first-order chi connectivity index (χ1) is 8.08. The van der Waals surface area contributed by atoms with Gasteiger partial charge in [-0.3, -0.25) is 5.10 Å². The van der Waals surface area contributed by atoms with Gasteiger partial charge in [-0.2, -0.15) is 0 Å². The summed E-state index contributed by atoms with van der Waals surface area (Å²) in [6.45, 7) is 1.83. The maximum absolute atomic E-state index is 10.9. The number of H-pyrrole nitrogens is 1. The Labute approximate surface area is 97.0 Å². The third kappa shape index (κ3) is 2.20. The molecule has 0 saturated heterocycles. The first-order valence-corrected chi connectivity index (χ1v) is 4.89. The molecule has 1 aromatic heterocycles. The number of hydrogen-bond acceptors (Lipinski definition) is 4. The van der Waals surface area contributed by atoms with Crippen LogP contribution in [-0.2, 0) is 0 Å². The summed E-state index contributed by atoms with van der Waals surface area (Å²) >= 11 is 0. The van der Waals surface area contributed by atoms with Crippen LogP contribution in [0.4, 0.5) is 5.69 Å². The predicted octanol–water partition coefficient (Wildman–Crippen LogP) is 1.79. The van der Waals surface area contributed by atoms with E-state index in [-0.39, 0.29) is 17.0 Å². The monoisotopic (exact) mass is 233 g/mol. The first-order valence-electron chi connectivity index (χ1n) is 4.89. The van der Waals surface area contributed by atoms with Crippen molar-refractivity contribution in [2.45, 2.75) is 6.92 Å². The number of ether oxygens (including phenoxy) is 1. The van der Waals surface area contributed by atoms with Crippen LogP contribution in [0.3, 0.4) is 0 Å². The van der Waals surface area contributed by atoms with Crippen LogP contribution in [0.2, 0.25) is 0 Å². The number of aromatic carboxylic acids is 1. The summed E-state index contributed by atoms with van der Waals surface area (Å²) in [6.07, 6.45) is 0. The molecular weight excluding hydrogens is 222 g/mol. The van der Waals surface area contributed by atoms with E-state index < -0.39 is 5.97 Å². The van der Waals surface area contributed by atoms with Gasteiger partial charge in [0.25, 0.3) is 0 Å². The Bertz CT molecular complexity index is 563. The number of nitrogens with zero attached hydrogens (tertiary/aromatic N) is 1. The normalized spacial score (nSPS) is 10.2. The topological polar surface area (TPSA) is 101 Å². The van der Waals surface area contributed by atoms with Crippen molar-refractivity contribution in [2.75, 3.05) is 5.73 Å². The standard InChI is InChI=1S/C11H11N3O3/c1-6-5-9(14-13-6)17-8-4-2-3-7(10(8)12)11(15)16/h2-5H,12H2,1H3,(H,13,14)(H,15,16). The summed E-state index contributed by atoms with van der Waals surface area (Å²) in [5.74, 6) is -0.473. The summed E-state index contributed by atoms with van der Waals surface area (Å²) in [7, 11) is 0. The lowest BCUT2D eigenvalue weighted by Gasteiger charge is -2.07. The van der Waals surface area contributed by atoms with Gasteiger partial charge in [0, 0.05) is 11.8 Å². The maximum atomic E-state index is 10.9. The fraction of sp³-hybridized carbons (Fsp3) is 0.0909. The molecule has 0 aliphatic carbocycles. The van der Waals surface area contributed by atoms with Gasteiger partial charge in [-0.15, -0.1) is 5.10 Å². The highest BCUT2D eigenvalue weighted by atomic mass is 16.5. The van der Waals surface area contributed by atoms with Gasteiger partial charge < -0.3 is 15.6 Å². The summed E-state index contributed by atoms with van der Waals surface area (Å²) in [5, 5.41) is 15.5. The molecule has 6 heteroatoms. The molecule has 0 saturated carbocycles. The smallest absolute Gasteiger partial charge is 0.337 e. The molecule has 0 fully saturated rings. The summed E-state index contributed by atoms with van der Waals surface area (Å²) < 4.78 is 5.39. The molecule has 0 atom stereocenters. The van der Waals surface area contributed by atoms with E-state index >= 15 is 0 Å². The Kier molecular flexibility index (Phi) is 2.70. The zero-order valence-electron chi connectivity index (χ0n) is 9.10. The van der Waals surface area contributed by atoms with Crippen molar-refractivity contribution in [3.8, 4) is 11.6 Å². The van der Waals surface area contributed by atoms with E-state index in [1.165, 1.54) is 6.07 Å². The average molecular weight is 233 g/mol. The number of hydrogen-bond donors (Lipinski definition) is 3. The second-order valence-corrected chi connectivity index (χ2v) is 3.51. The third-order valence-corrected chi connectivity index (χ3v) is 2.19. The van der Waals surface area contributed by atoms with Gasteiger partial charge in [0.15, 0.2) is 5.75 Å². The number of anilines is 1. The molecule has 17 heavy (non-hydrogen) atoms. The zero-order valence-corrected chi connectivity index (χ0v) is 9.10. The minimum absolute atomic E-state index is 0.00903. The van der Waals surface area contributed by atoms with Crippen LogP contribution in [0.1, 0.15) is 16.1 Å². The van der Waals surface area contributed by atoms with E-state index in [0.29, 0.717) is 5.88 Å². The summed E-state index contributed by atoms with van der Waals surface area (Å²) in [5.41, 5.74) is 6.63. The number of carboxylic acid groups (broad SMARTS) is 1. The first kappa shape index (κ1) is 11.0. The molecule has 0 spiro atoms. The minimum atomic E-state index is -1.09. The number of rotatable bonds is 3. The van der Waals surface area contributed by atoms with Crippen LogP contribution < -0.4 is 10.5 Å². The predicted molar refractivity (Wildman–Crippen MR) is 61.2 cm³/mol. The molecule has 0 aliphatic rings. The number of nitrogen functional groups attached to an aromatic ring is 1. The van der Waals surface area contributed by atoms with Gasteiger partial charge in [0.2, 0.25) is 5.88 Å². The lowest BCUT2D eigenvalue weighted by atomic mass is 10.1. The summed E-state index contributed by atoms with van der Waals surface area (Å²) in [4.78, 5) is 10.9. The molecule has 88 valence electrons. The van der Waals surface area contributed by atoms with E-state index in [1.54, 1.807) is 18.2 Å². The van der Waals surface area contributed by atoms with Crippen LogP contribution in [0.25, 0.3) is 0 Å². The number of carbonyl (C=O) groups is 1. The Morgan fingerprint density at radius 3 is 2.88 bits per heavy atom. The highest BCUT2D eigenvalue weighted by molar-refractivity contribution is 5.95. The van der Waals surface area contributed by atoms with Gasteiger partial charge in [0.05, 0.1) is 11.3 Å². The van der Waals surface area contributed by atoms with Gasteiger partial charge >= 0.3 is 5.97 Å². The molecular formula is C11H11N3O3. The van der Waals surface area contributed by atoms with Crippen molar-refractivity contribution in [1.29, 1.82) is 0 Å². The van der Waals surface area contributed by atoms with E-state index in [1.807, 2.05) is 6.92 Å². The Morgan fingerprint density at radius 2 is 2.29 bits per heavy atom. The molecule has 6 nitrogen and oxygen atoms in total. The number of aromatic amines is 1. The molecule has 0 aliphatic heterocycles. The summed E-state index contributed by atoms with van der Waals surface area (Å²) in [6, 6.07) is 6.26. The van der Waals surface area contributed by atoms with E-state index in [0.717, 1.165) is 5.69 Å².